The van der Waals surface area contributed by atoms with E-state index in [0.717, 1.165) is 0 Å². The van der Waals surface area contributed by atoms with Crippen molar-refractivity contribution in [2.24, 2.45) is 4.99 Å². The van der Waals surface area contributed by atoms with Gasteiger partial charge in [0, 0.05) is 17.8 Å². The molecule has 0 amide bonds. The normalized spacial score (nSPS) is 14.5. The predicted molar refractivity (Wildman–Crippen MR) is 60.6 cm³/mol. The second kappa shape index (κ2) is 4.23. The molecule has 0 bridgehead atoms. The number of nitrogens with zero attached hydrogens (tertiary/aromatic N) is 1. The second-order valence-corrected chi connectivity index (χ2v) is 5.45. The summed E-state index contributed by atoms with van der Waals surface area (Å²) in [5, 5.41) is 3.44. The lowest BCUT2D eigenvalue weighted by atomic mass is 10.0. The number of hydrogen-bond acceptors (Lipinski definition) is 2. The third-order valence-electron chi connectivity index (χ3n) is 1.44. The summed E-state index contributed by atoms with van der Waals surface area (Å²) in [5.41, 5.74) is 0.0113. The molecule has 0 unspecified atom stereocenters. The van der Waals surface area contributed by atoms with E-state index >= 15 is 0 Å². The van der Waals surface area contributed by atoms with Gasteiger partial charge in [-0.05, 0) is 34.6 Å². The van der Waals surface area contributed by atoms with Crippen molar-refractivity contribution in [3.05, 3.63) is 0 Å². The van der Waals surface area contributed by atoms with Crippen molar-refractivity contribution in [2.45, 2.75) is 65.6 Å². The third-order valence-corrected chi connectivity index (χ3v) is 1.44. The summed E-state index contributed by atoms with van der Waals surface area (Å²) in [4.78, 5) is 4.49. The van der Waals surface area contributed by atoms with E-state index in [-0.39, 0.29) is 11.1 Å². The minimum atomic E-state index is -0.0125. The van der Waals surface area contributed by atoms with Crippen molar-refractivity contribution < 1.29 is 0 Å². The Kier molecular flexibility index (Phi) is 4.11. The van der Waals surface area contributed by atoms with Crippen LogP contribution < -0.4 is 5.32 Å². The summed E-state index contributed by atoms with van der Waals surface area (Å²) in [7, 11) is 0. The molecule has 2 nitrogen and oxygen atoms in total. The maximum Gasteiger partial charge on any atom is 0.0521 e. The maximum atomic E-state index is 4.49. The van der Waals surface area contributed by atoms with Crippen LogP contribution in [-0.2, 0) is 0 Å². The Balaban J connectivity index is 4.24. The van der Waals surface area contributed by atoms with Crippen LogP contribution in [0.5, 0.6) is 0 Å². The van der Waals surface area contributed by atoms with Crippen LogP contribution >= 0.6 is 0 Å². The molecule has 13 heavy (non-hydrogen) atoms. The van der Waals surface area contributed by atoms with E-state index in [9.17, 15) is 0 Å². The van der Waals surface area contributed by atoms with E-state index in [2.05, 4.69) is 58.8 Å². The van der Waals surface area contributed by atoms with E-state index in [1.807, 2.05) is 6.21 Å². The van der Waals surface area contributed by atoms with Gasteiger partial charge in [0.25, 0.3) is 0 Å². The van der Waals surface area contributed by atoms with Crippen LogP contribution in [0.3, 0.4) is 0 Å². The number of aliphatic imine (C=N–C) groups is 1. The SMILES string of the molecule is CC(C)NC(C)(C)C=NC(C)(C)C. The Morgan fingerprint density at radius 2 is 1.54 bits per heavy atom. The fraction of sp³-hybridized carbons (Fsp3) is 0.909. The Hall–Kier alpha value is -0.370. The van der Waals surface area contributed by atoms with Gasteiger partial charge in [0.05, 0.1) is 5.54 Å². The minimum absolute atomic E-state index is 0.0125. The summed E-state index contributed by atoms with van der Waals surface area (Å²) in [6.07, 6.45) is 2.01. The summed E-state index contributed by atoms with van der Waals surface area (Å²) in [6, 6.07) is 0.487. The zero-order chi connectivity index (χ0) is 10.7. The zero-order valence-corrected chi connectivity index (χ0v) is 10.1. The van der Waals surface area contributed by atoms with E-state index < -0.39 is 0 Å². The molecule has 0 atom stereocenters. The van der Waals surface area contributed by atoms with Gasteiger partial charge >= 0.3 is 0 Å². The lowest BCUT2D eigenvalue weighted by Crippen LogP contribution is -2.45. The van der Waals surface area contributed by atoms with Crippen molar-refractivity contribution in [1.82, 2.24) is 5.32 Å². The first kappa shape index (κ1) is 12.6. The zero-order valence-electron chi connectivity index (χ0n) is 10.1. The smallest absolute Gasteiger partial charge is 0.0521 e. The van der Waals surface area contributed by atoms with Gasteiger partial charge in [-0.25, -0.2) is 0 Å². The minimum Gasteiger partial charge on any atom is -0.305 e. The van der Waals surface area contributed by atoms with Crippen LogP contribution in [0.1, 0.15) is 48.5 Å². The first-order chi connectivity index (χ1) is 5.62. The third kappa shape index (κ3) is 7.97. The van der Waals surface area contributed by atoms with E-state index in [0.29, 0.717) is 6.04 Å². The second-order valence-electron chi connectivity index (χ2n) is 5.45. The molecule has 0 heterocycles. The van der Waals surface area contributed by atoms with Gasteiger partial charge in [0.2, 0.25) is 0 Å². The molecule has 1 N–H and O–H groups in total. The largest absolute Gasteiger partial charge is 0.305 e. The molecule has 0 aromatic rings. The molecule has 0 aliphatic heterocycles. The molecule has 0 rings (SSSR count). The summed E-state index contributed by atoms with van der Waals surface area (Å²) in [5.74, 6) is 0. The molecule has 0 aromatic carbocycles. The Bertz CT molecular complexity index is 173. The monoisotopic (exact) mass is 184 g/mol. The molecule has 0 aromatic heterocycles. The van der Waals surface area contributed by atoms with Gasteiger partial charge in [0.1, 0.15) is 0 Å². The molecule has 0 fully saturated rings. The lowest BCUT2D eigenvalue weighted by molar-refractivity contribution is 0.453. The standard InChI is InChI=1S/C11H24N2/c1-9(2)13-11(6,7)8-12-10(3,4)5/h8-9,13H,1-7H3. The van der Waals surface area contributed by atoms with E-state index in [1.165, 1.54) is 0 Å². The fourth-order valence-corrected chi connectivity index (χ4v) is 1.14. The first-order valence-electron chi connectivity index (χ1n) is 4.96. The van der Waals surface area contributed by atoms with E-state index in [4.69, 9.17) is 0 Å². The molecule has 0 radical (unpaired) electrons. The Morgan fingerprint density at radius 1 is 1.08 bits per heavy atom. The van der Waals surface area contributed by atoms with Gasteiger partial charge in [-0.2, -0.15) is 0 Å². The molecule has 0 saturated carbocycles. The number of rotatable bonds is 3. The highest BCUT2D eigenvalue weighted by molar-refractivity contribution is 5.69. The van der Waals surface area contributed by atoms with Crippen LogP contribution in [0.4, 0.5) is 0 Å². The summed E-state index contributed by atoms with van der Waals surface area (Å²) in [6.45, 7) is 14.9. The Morgan fingerprint density at radius 3 is 1.85 bits per heavy atom. The van der Waals surface area contributed by atoms with Crippen molar-refractivity contribution in [3.8, 4) is 0 Å². The maximum absolute atomic E-state index is 4.49. The average molecular weight is 184 g/mol. The molecule has 0 saturated heterocycles. The van der Waals surface area contributed by atoms with Gasteiger partial charge in [-0.1, -0.05) is 13.8 Å². The van der Waals surface area contributed by atoms with Crippen molar-refractivity contribution in [2.75, 3.05) is 0 Å². The summed E-state index contributed by atoms with van der Waals surface area (Å²) < 4.78 is 0. The van der Waals surface area contributed by atoms with Gasteiger partial charge in [-0.15, -0.1) is 0 Å². The number of hydrogen-bond donors (Lipinski definition) is 1. The molecular formula is C11H24N2. The number of nitrogens with one attached hydrogen (secondary N) is 1. The van der Waals surface area contributed by atoms with E-state index in [1.54, 1.807) is 0 Å². The van der Waals surface area contributed by atoms with Crippen LogP contribution in [0.2, 0.25) is 0 Å². The Labute approximate surface area is 82.8 Å². The van der Waals surface area contributed by atoms with Crippen molar-refractivity contribution >= 4 is 6.21 Å². The molecule has 2 heteroatoms. The van der Waals surface area contributed by atoms with Crippen LogP contribution in [0.15, 0.2) is 4.99 Å². The van der Waals surface area contributed by atoms with Gasteiger partial charge < -0.3 is 5.32 Å². The highest BCUT2D eigenvalue weighted by Gasteiger charge is 2.16. The van der Waals surface area contributed by atoms with Crippen molar-refractivity contribution in [1.29, 1.82) is 0 Å². The first-order valence-corrected chi connectivity index (χ1v) is 4.96. The predicted octanol–water partition coefficient (Wildman–Crippen LogP) is 2.63. The van der Waals surface area contributed by atoms with Crippen molar-refractivity contribution in [3.63, 3.8) is 0 Å². The molecule has 0 aliphatic carbocycles. The highest BCUT2D eigenvalue weighted by atomic mass is 15.0. The average Bonchev–Trinajstić information content (AvgIpc) is 1.79. The van der Waals surface area contributed by atoms with Crippen LogP contribution in [0, 0.1) is 0 Å². The van der Waals surface area contributed by atoms with Gasteiger partial charge in [-0.3, -0.25) is 4.99 Å². The lowest BCUT2D eigenvalue weighted by Gasteiger charge is -2.26. The quantitative estimate of drug-likeness (QED) is 0.670. The molecular weight excluding hydrogens is 160 g/mol. The molecule has 0 aliphatic rings. The van der Waals surface area contributed by atoms with Crippen LogP contribution in [0.25, 0.3) is 0 Å². The summed E-state index contributed by atoms with van der Waals surface area (Å²) >= 11 is 0. The highest BCUT2D eigenvalue weighted by Crippen LogP contribution is 2.08. The van der Waals surface area contributed by atoms with Crippen LogP contribution in [-0.4, -0.2) is 23.3 Å². The topological polar surface area (TPSA) is 24.4 Å². The fourth-order valence-electron chi connectivity index (χ4n) is 1.14. The van der Waals surface area contributed by atoms with Gasteiger partial charge in [0.15, 0.2) is 0 Å². The molecule has 78 valence electrons. The molecule has 0 spiro atoms.